The second kappa shape index (κ2) is 7.21. The van der Waals surface area contributed by atoms with Gasteiger partial charge in [0.2, 0.25) is 0 Å². The van der Waals surface area contributed by atoms with Gasteiger partial charge in [-0.2, -0.15) is 0 Å². The smallest absolute Gasteiger partial charge is 0.341 e. The number of carbonyl (C=O) groups is 1. The lowest BCUT2D eigenvalue weighted by molar-refractivity contribution is 0.0527. The Bertz CT molecular complexity index is 922. The van der Waals surface area contributed by atoms with Crippen molar-refractivity contribution in [2.45, 2.75) is 13.8 Å². The lowest BCUT2D eigenvalue weighted by Gasteiger charge is -2.16. The lowest BCUT2D eigenvalue weighted by atomic mass is 10.1. The lowest BCUT2D eigenvalue weighted by Crippen LogP contribution is -2.09. The molecule has 2 aromatic carbocycles. The largest absolute Gasteiger partial charge is 0.495 e. The zero-order chi connectivity index (χ0) is 17.8. The highest BCUT2D eigenvalue weighted by atomic mass is 16.5. The first kappa shape index (κ1) is 16.8. The maximum absolute atomic E-state index is 12.4. The maximum atomic E-state index is 12.4. The molecule has 0 aliphatic rings. The number of para-hydroxylation sites is 1. The Morgan fingerprint density at radius 1 is 1.20 bits per heavy atom. The van der Waals surface area contributed by atoms with Gasteiger partial charge in [-0.15, -0.1) is 0 Å². The molecule has 1 heterocycles. The molecule has 1 N–H and O–H groups in total. The summed E-state index contributed by atoms with van der Waals surface area (Å²) in [7, 11) is 1.62. The van der Waals surface area contributed by atoms with Crippen molar-refractivity contribution in [1.82, 2.24) is 4.98 Å². The molecule has 0 bridgehead atoms. The van der Waals surface area contributed by atoms with E-state index >= 15 is 0 Å². The van der Waals surface area contributed by atoms with E-state index in [2.05, 4.69) is 10.3 Å². The van der Waals surface area contributed by atoms with E-state index in [-0.39, 0.29) is 0 Å². The van der Waals surface area contributed by atoms with Crippen LogP contribution in [0.3, 0.4) is 0 Å². The number of rotatable bonds is 5. The molecular weight excluding hydrogens is 316 g/mol. The van der Waals surface area contributed by atoms with Gasteiger partial charge >= 0.3 is 5.97 Å². The van der Waals surface area contributed by atoms with Crippen LogP contribution in [-0.2, 0) is 4.74 Å². The molecule has 0 spiro atoms. The molecule has 0 radical (unpaired) electrons. The topological polar surface area (TPSA) is 60.5 Å². The number of hydrogen-bond acceptors (Lipinski definition) is 5. The van der Waals surface area contributed by atoms with E-state index in [0.717, 1.165) is 22.2 Å². The molecule has 3 aromatic rings. The number of methoxy groups -OCH3 is 1. The number of aromatic nitrogens is 1. The molecule has 0 aliphatic carbocycles. The number of hydrogen-bond donors (Lipinski definition) is 1. The van der Waals surface area contributed by atoms with Crippen molar-refractivity contribution >= 4 is 28.2 Å². The van der Waals surface area contributed by atoms with Crippen molar-refractivity contribution in [3.8, 4) is 5.75 Å². The Morgan fingerprint density at radius 3 is 2.76 bits per heavy atom. The van der Waals surface area contributed by atoms with Crippen LogP contribution in [0.2, 0.25) is 0 Å². The summed E-state index contributed by atoms with van der Waals surface area (Å²) in [6.07, 6.45) is 1.55. The molecule has 1 aromatic heterocycles. The van der Waals surface area contributed by atoms with Gasteiger partial charge in [0.1, 0.15) is 11.3 Å². The Morgan fingerprint density at radius 2 is 2.00 bits per heavy atom. The van der Waals surface area contributed by atoms with Crippen LogP contribution in [0, 0.1) is 6.92 Å². The number of carbonyl (C=O) groups excluding carboxylic acids is 1. The van der Waals surface area contributed by atoms with Crippen molar-refractivity contribution in [2.75, 3.05) is 19.0 Å². The van der Waals surface area contributed by atoms with Gasteiger partial charge in [-0.25, -0.2) is 4.79 Å². The molecule has 0 aliphatic heterocycles. The first-order valence-corrected chi connectivity index (χ1v) is 8.10. The Labute approximate surface area is 146 Å². The Balaban J connectivity index is 2.17. The average molecular weight is 336 g/mol. The van der Waals surface area contributed by atoms with Gasteiger partial charge in [0.15, 0.2) is 0 Å². The van der Waals surface area contributed by atoms with Crippen molar-refractivity contribution < 1.29 is 14.3 Å². The highest BCUT2D eigenvalue weighted by molar-refractivity contribution is 6.06. The second-order valence-corrected chi connectivity index (χ2v) is 5.61. The number of fused-ring (bicyclic) bond motifs is 1. The molecule has 128 valence electrons. The molecule has 0 atom stereocenters. The van der Waals surface area contributed by atoms with Gasteiger partial charge in [0.05, 0.1) is 30.6 Å². The van der Waals surface area contributed by atoms with E-state index in [1.165, 1.54) is 0 Å². The average Bonchev–Trinajstić information content (AvgIpc) is 2.62. The van der Waals surface area contributed by atoms with Gasteiger partial charge in [-0.05, 0) is 37.6 Å². The predicted molar refractivity (Wildman–Crippen MR) is 98.7 cm³/mol. The summed E-state index contributed by atoms with van der Waals surface area (Å²) in [6, 6.07) is 13.5. The molecule has 0 saturated carbocycles. The van der Waals surface area contributed by atoms with Crippen molar-refractivity contribution in [2.24, 2.45) is 0 Å². The minimum Gasteiger partial charge on any atom is -0.495 e. The SMILES string of the molecule is CCOC(=O)c1cnc2ccccc2c1Nc1cc(C)ccc1OC. The Kier molecular flexibility index (Phi) is 4.84. The van der Waals surface area contributed by atoms with Crippen molar-refractivity contribution in [3.05, 3.63) is 59.8 Å². The molecule has 0 amide bonds. The summed E-state index contributed by atoms with van der Waals surface area (Å²) in [5, 5.41) is 4.19. The number of aryl methyl sites for hydroxylation is 1. The van der Waals surface area contributed by atoms with Crippen LogP contribution < -0.4 is 10.1 Å². The highest BCUT2D eigenvalue weighted by Gasteiger charge is 2.18. The number of nitrogens with zero attached hydrogens (tertiary/aromatic N) is 1. The molecular formula is C20H20N2O3. The first-order chi connectivity index (χ1) is 12.1. The number of ether oxygens (including phenoxy) is 2. The van der Waals surface area contributed by atoms with Crippen LogP contribution in [0.15, 0.2) is 48.7 Å². The first-order valence-electron chi connectivity index (χ1n) is 8.10. The van der Waals surface area contributed by atoms with E-state index in [1.807, 2.05) is 49.4 Å². The van der Waals surface area contributed by atoms with Gasteiger partial charge in [-0.3, -0.25) is 4.98 Å². The third-order valence-corrected chi connectivity index (χ3v) is 3.89. The van der Waals surface area contributed by atoms with Crippen LogP contribution >= 0.6 is 0 Å². The molecule has 5 nitrogen and oxygen atoms in total. The number of anilines is 2. The van der Waals surface area contributed by atoms with Crippen LogP contribution in [0.1, 0.15) is 22.8 Å². The third kappa shape index (κ3) is 3.40. The van der Waals surface area contributed by atoms with E-state index in [0.29, 0.717) is 23.6 Å². The molecule has 5 heteroatoms. The molecule has 3 rings (SSSR count). The number of esters is 1. The fourth-order valence-corrected chi connectivity index (χ4v) is 2.69. The fraction of sp³-hybridized carbons (Fsp3) is 0.200. The minimum atomic E-state index is -0.408. The summed E-state index contributed by atoms with van der Waals surface area (Å²) in [5.41, 5.74) is 3.71. The molecule has 0 saturated heterocycles. The zero-order valence-electron chi connectivity index (χ0n) is 14.5. The second-order valence-electron chi connectivity index (χ2n) is 5.61. The zero-order valence-corrected chi connectivity index (χ0v) is 14.5. The highest BCUT2D eigenvalue weighted by Crippen LogP contribution is 2.34. The molecule has 0 unspecified atom stereocenters. The van der Waals surface area contributed by atoms with Gasteiger partial charge in [0.25, 0.3) is 0 Å². The van der Waals surface area contributed by atoms with Gasteiger partial charge < -0.3 is 14.8 Å². The number of nitrogens with one attached hydrogen (secondary N) is 1. The van der Waals surface area contributed by atoms with Crippen molar-refractivity contribution in [1.29, 1.82) is 0 Å². The third-order valence-electron chi connectivity index (χ3n) is 3.89. The molecule has 25 heavy (non-hydrogen) atoms. The van der Waals surface area contributed by atoms with E-state index in [4.69, 9.17) is 9.47 Å². The quantitative estimate of drug-likeness (QED) is 0.697. The summed E-state index contributed by atoms with van der Waals surface area (Å²) < 4.78 is 10.6. The number of pyridine rings is 1. The van der Waals surface area contributed by atoms with Gasteiger partial charge in [-0.1, -0.05) is 24.3 Å². The van der Waals surface area contributed by atoms with Crippen LogP contribution in [0.4, 0.5) is 11.4 Å². The predicted octanol–water partition coefficient (Wildman–Crippen LogP) is 4.47. The summed E-state index contributed by atoms with van der Waals surface area (Å²) in [6.45, 7) is 4.09. The van der Waals surface area contributed by atoms with Crippen LogP contribution in [0.25, 0.3) is 10.9 Å². The molecule has 0 fully saturated rings. The summed E-state index contributed by atoms with van der Waals surface area (Å²) in [5.74, 6) is 0.288. The van der Waals surface area contributed by atoms with Crippen LogP contribution in [0.5, 0.6) is 5.75 Å². The van der Waals surface area contributed by atoms with Crippen LogP contribution in [-0.4, -0.2) is 24.7 Å². The maximum Gasteiger partial charge on any atom is 0.341 e. The van der Waals surface area contributed by atoms with Crippen molar-refractivity contribution in [3.63, 3.8) is 0 Å². The summed E-state index contributed by atoms with van der Waals surface area (Å²) >= 11 is 0. The standard InChI is InChI=1S/C20H20N2O3/c1-4-25-20(23)15-12-21-16-8-6-5-7-14(16)19(15)22-17-11-13(2)9-10-18(17)24-3/h5-12H,4H2,1-3H3,(H,21,22). The van der Waals surface area contributed by atoms with Gasteiger partial charge in [0, 0.05) is 11.6 Å². The van der Waals surface area contributed by atoms with E-state index in [9.17, 15) is 4.79 Å². The van der Waals surface area contributed by atoms with E-state index < -0.39 is 5.97 Å². The van der Waals surface area contributed by atoms with E-state index in [1.54, 1.807) is 20.2 Å². The minimum absolute atomic E-state index is 0.304. The monoisotopic (exact) mass is 336 g/mol. The number of benzene rings is 2. The normalized spacial score (nSPS) is 10.5. The Hall–Kier alpha value is -3.08. The fourth-order valence-electron chi connectivity index (χ4n) is 2.69. The summed E-state index contributed by atoms with van der Waals surface area (Å²) in [4.78, 5) is 16.8.